The number of nitrogens with two attached hydrogens (primary N) is 3. The predicted molar refractivity (Wildman–Crippen MR) is 474 cm³/mol. The number of aliphatic carboxylic acids is 5. The number of carbonyl (C=O) groups excluding carboxylic acids is 18. The molecule has 0 spiro atoms. The Kier molecular flexibility index (Phi) is 54.7. The summed E-state index contributed by atoms with van der Waals surface area (Å²) < 4.78 is 5.61. The number of thioether (sulfide) groups is 1. The summed E-state index contributed by atoms with van der Waals surface area (Å²) in [6.07, 6.45) is -6.64. The third-order valence-corrected chi connectivity index (χ3v) is 22.2. The van der Waals surface area contributed by atoms with Crippen molar-refractivity contribution in [1.82, 2.24) is 68.3 Å². The van der Waals surface area contributed by atoms with Crippen molar-refractivity contribution in [1.29, 1.82) is 16.2 Å². The van der Waals surface area contributed by atoms with Gasteiger partial charge in [-0.3, -0.25) is 131 Å². The molecule has 0 aliphatic carbocycles. The molecule has 2 heterocycles. The van der Waals surface area contributed by atoms with Crippen LogP contribution in [0.15, 0.2) is 12.2 Å². The number of nitrogens with one attached hydrogen (secondary N) is 14. The Morgan fingerprint density at radius 3 is 1.31 bits per heavy atom. The minimum atomic E-state index is -1.84. The number of carboxylic acid groups (broad SMARTS) is 5. The predicted octanol–water partition coefficient (Wildman–Crippen LogP) is -2.80. The molecule has 25 N–H and O–H groups in total. The van der Waals surface area contributed by atoms with Crippen LogP contribution in [0.1, 0.15) is 207 Å². The van der Waals surface area contributed by atoms with E-state index in [2.05, 4.69) is 58.5 Å². The summed E-state index contributed by atoms with van der Waals surface area (Å²) >= 11 is 1.19. The van der Waals surface area contributed by atoms with Crippen LogP contribution in [0.5, 0.6) is 0 Å². The molecular weight excluding hydrogens is 1770 g/mol. The lowest BCUT2D eigenvalue weighted by atomic mass is 9.89. The lowest BCUT2D eigenvalue weighted by Gasteiger charge is -2.27. The smallest absolute Gasteiger partial charge is 0.303 e. The van der Waals surface area contributed by atoms with Crippen LogP contribution in [0, 0.1) is 51.7 Å². The molecule has 742 valence electrons. The zero-order valence-electron chi connectivity index (χ0n) is 75.6. The van der Waals surface area contributed by atoms with Gasteiger partial charge in [0, 0.05) is 184 Å². The van der Waals surface area contributed by atoms with Crippen LogP contribution in [-0.2, 0) is 115 Å². The van der Waals surface area contributed by atoms with Crippen molar-refractivity contribution in [3.05, 3.63) is 12.2 Å². The minimum Gasteiger partial charge on any atom is -0.481 e. The Bertz CT molecular complexity index is 4170. The van der Waals surface area contributed by atoms with Gasteiger partial charge >= 0.3 is 29.8 Å². The first-order valence-corrected chi connectivity index (χ1v) is 45.3. The lowest BCUT2D eigenvalue weighted by Crippen LogP contribution is -2.52. The van der Waals surface area contributed by atoms with Gasteiger partial charge in [0.2, 0.25) is 53.2 Å². The maximum Gasteiger partial charge on any atom is 0.303 e. The van der Waals surface area contributed by atoms with Crippen molar-refractivity contribution in [2.75, 3.05) is 71.5 Å². The van der Waals surface area contributed by atoms with Crippen LogP contribution in [0.25, 0.3) is 0 Å². The number of rotatable bonds is 73. The molecule has 49 heteroatoms. The second kappa shape index (κ2) is 62.6. The first kappa shape index (κ1) is 116. The average Bonchev–Trinajstić information content (AvgIpc) is 1.73. The van der Waals surface area contributed by atoms with Crippen molar-refractivity contribution in [3.8, 4) is 0 Å². The number of carboxylic acids is 5. The molecule has 2 aliphatic heterocycles. The number of guanidine groups is 3. The van der Waals surface area contributed by atoms with E-state index in [1.165, 1.54) is 30.6 Å². The maximum absolute atomic E-state index is 14.2. The zero-order chi connectivity index (χ0) is 100. The standard InChI is InChI=1S/C84H131N19O29S/c1-46(2)37-57(61(106)21-22-66(111)97-58(45-133-5)62(107)38-47(3)76(126)95-43-52(104)39-48(11-6-31-92-82(85)86)78(128)98-53(13-8-33-94-84(89)90)63(108)40-49(77(127)91-4)12-7-32-93-83(87)88)101-81(131)59-14-9-34-102(59)70(115)44-132-36-10-15-60(105)54(18-27-73(120)121)99-79(129)51(17-26-72(118)119)42-65(110)56(20-29-75(124)125)100-80(130)50(16-25-71(116)117)41-64(109)55(19-28-74(122)123)96-67(112)30-35-103-68(113)23-24-69(103)114/h23-24,46-51,53-59H,6-22,25-45H2,1-5H3,(H,91,127)(H,95,126)(H,96,112)(H,97,111)(H,98,128)(H,99,129)(H,100,130)(H,101,131)(H,116,117)(H,118,119)(H,120,121)(H,122,123)(H,124,125)(H4,85,86,92)(H4,87,88,93)(H4,89,90,94)/t47-,48+,49+,50+,51+,53-,54-,55-,56-,57+,58+,59+/m1/s1. The normalized spacial score (nSPS) is 15.2. The van der Waals surface area contributed by atoms with Crippen LogP contribution < -0.4 is 75.7 Å². The van der Waals surface area contributed by atoms with Crippen LogP contribution in [0.2, 0.25) is 0 Å². The second-order valence-electron chi connectivity index (χ2n) is 32.9. The summed E-state index contributed by atoms with van der Waals surface area (Å²) in [6, 6.07) is -9.66. The van der Waals surface area contributed by atoms with Gasteiger partial charge in [-0.15, -0.1) is 0 Å². The molecule has 0 radical (unpaired) electrons. The molecule has 0 saturated carbocycles. The van der Waals surface area contributed by atoms with Gasteiger partial charge in [-0.25, -0.2) is 0 Å². The molecule has 0 aromatic carbocycles. The summed E-state index contributed by atoms with van der Waals surface area (Å²) in [5.74, 6) is -28.6. The molecule has 0 unspecified atom stereocenters. The highest BCUT2D eigenvalue weighted by Gasteiger charge is 2.40. The molecule has 11 amide bonds. The van der Waals surface area contributed by atoms with Gasteiger partial charge in [-0.05, 0) is 108 Å². The number of hydrogen-bond donors (Lipinski definition) is 22. The Hall–Kier alpha value is -12.7. The van der Waals surface area contributed by atoms with E-state index in [1.54, 1.807) is 20.1 Å². The number of nitrogens with zero attached hydrogens (tertiary/aromatic N) is 2. The van der Waals surface area contributed by atoms with Gasteiger partial charge in [-0.2, -0.15) is 11.8 Å². The minimum absolute atomic E-state index is 0.0376. The van der Waals surface area contributed by atoms with Crippen LogP contribution in [-0.4, -0.2) is 302 Å². The van der Waals surface area contributed by atoms with Gasteiger partial charge in [0.15, 0.2) is 58.4 Å². The SMILES string of the molecule is CNC(=O)[C@@H](CCCNC(=N)N)CC(=O)[C@@H](CCCNC(=N)N)NC(=O)[C@@H](CCCNC(=N)N)CC(=O)CNC(=O)[C@H](C)CC(=O)[C@H](CSC)NC(=O)CCC(=O)[C@H](CC(C)C)NC(=O)[C@@H]1CCCN1C(=O)COCCCC(=O)[C@@H](CCC(=O)O)NC(=O)[C@@H](CCC(=O)O)CC(=O)[C@@H](CCC(=O)O)NC(=O)[C@@H](CCC(=O)O)CC(=O)[C@@H](CCC(=O)O)NC(=O)CCN1C(=O)C=CC1=O. The fourth-order valence-electron chi connectivity index (χ4n) is 14.4. The first-order valence-electron chi connectivity index (χ1n) is 43.9. The van der Waals surface area contributed by atoms with Gasteiger partial charge < -0.3 is 111 Å². The van der Waals surface area contributed by atoms with Crippen molar-refractivity contribution in [2.24, 2.45) is 52.7 Å². The van der Waals surface area contributed by atoms with Crippen molar-refractivity contribution in [3.63, 3.8) is 0 Å². The van der Waals surface area contributed by atoms with Crippen LogP contribution in [0.3, 0.4) is 0 Å². The Morgan fingerprint density at radius 1 is 0.451 bits per heavy atom. The first-order chi connectivity index (χ1) is 62.7. The highest BCUT2D eigenvalue weighted by molar-refractivity contribution is 7.98. The topological polar surface area (TPSA) is 791 Å². The molecule has 1 saturated heterocycles. The van der Waals surface area contributed by atoms with E-state index in [0.717, 1.165) is 12.2 Å². The molecular formula is C84H131N19O29S. The number of imide groups is 1. The third kappa shape index (κ3) is 48.3. The Labute approximate surface area is 772 Å². The number of likely N-dealkylation sites (tertiary alicyclic amines) is 1. The average molecular weight is 1900 g/mol. The monoisotopic (exact) mass is 1900 g/mol. The summed E-state index contributed by atoms with van der Waals surface area (Å²) in [7, 11) is 1.40. The van der Waals surface area contributed by atoms with Crippen LogP contribution >= 0.6 is 11.8 Å². The fourth-order valence-corrected chi connectivity index (χ4v) is 15.0. The van der Waals surface area contributed by atoms with E-state index >= 15 is 0 Å². The van der Waals surface area contributed by atoms with Crippen molar-refractivity contribution >= 4 is 165 Å². The van der Waals surface area contributed by atoms with Gasteiger partial charge in [0.05, 0.1) is 42.8 Å². The van der Waals surface area contributed by atoms with E-state index < -0.39 is 342 Å². The second-order valence-corrected chi connectivity index (χ2v) is 33.8. The number of carbonyl (C=O) groups is 23. The van der Waals surface area contributed by atoms with E-state index in [-0.39, 0.29) is 120 Å². The Balaban J connectivity index is 2.16. The van der Waals surface area contributed by atoms with Gasteiger partial charge in [0.1, 0.15) is 12.6 Å². The third-order valence-electron chi connectivity index (χ3n) is 21.6. The van der Waals surface area contributed by atoms with E-state index in [1.807, 2.05) is 0 Å². The molecule has 0 aromatic rings. The summed E-state index contributed by atoms with van der Waals surface area (Å²) in [5.41, 5.74) is 16.3. The number of ether oxygens (including phenoxy) is 1. The van der Waals surface area contributed by atoms with Gasteiger partial charge in [-0.1, -0.05) is 20.8 Å². The van der Waals surface area contributed by atoms with Crippen molar-refractivity contribution < 1.29 is 141 Å². The maximum atomic E-state index is 14.2. The molecule has 48 nitrogen and oxygen atoms in total. The number of hydrogen-bond acceptors (Lipinski definition) is 28. The van der Waals surface area contributed by atoms with Crippen molar-refractivity contribution in [2.45, 2.75) is 249 Å². The summed E-state index contributed by atoms with van der Waals surface area (Å²) in [4.78, 5) is 305. The summed E-state index contributed by atoms with van der Waals surface area (Å²) in [5, 5.41) is 98.3. The molecule has 133 heavy (non-hydrogen) atoms. The van der Waals surface area contributed by atoms with E-state index in [0.29, 0.717) is 17.7 Å². The highest BCUT2D eigenvalue weighted by atomic mass is 32.2. The highest BCUT2D eigenvalue weighted by Crippen LogP contribution is 2.25. The van der Waals surface area contributed by atoms with E-state index in [4.69, 9.17) is 38.2 Å². The molecule has 1 fully saturated rings. The fraction of sp³-hybridized carbons (Fsp3) is 0.667. The quantitative estimate of drug-likeness (QED) is 0.0127. The number of Topliss-reactive ketones (excluding diaryl/α,β-unsaturated/α-hetero) is 7. The number of ketones is 7. The van der Waals surface area contributed by atoms with Gasteiger partial charge in [0.25, 0.3) is 11.8 Å². The molecule has 12 atom stereocenters. The molecule has 2 aliphatic rings. The number of amides is 11. The molecule has 0 aromatic heterocycles. The molecule has 2 rings (SSSR count). The lowest BCUT2D eigenvalue weighted by molar-refractivity contribution is -0.142. The summed E-state index contributed by atoms with van der Waals surface area (Å²) in [6.45, 7) is 3.62. The zero-order valence-corrected chi connectivity index (χ0v) is 76.4. The molecule has 0 bridgehead atoms. The Morgan fingerprint density at radius 2 is 0.857 bits per heavy atom. The van der Waals surface area contributed by atoms with E-state index in [9.17, 15) is 136 Å². The largest absolute Gasteiger partial charge is 0.481 e. The van der Waals surface area contributed by atoms with Crippen LogP contribution in [0.4, 0.5) is 0 Å².